The lowest BCUT2D eigenvalue weighted by Crippen LogP contribution is -2.32. The van der Waals surface area contributed by atoms with Gasteiger partial charge in [0.1, 0.15) is 0 Å². The lowest BCUT2D eigenvalue weighted by Gasteiger charge is -2.35. The van der Waals surface area contributed by atoms with Gasteiger partial charge >= 0.3 is 0 Å². The first-order valence-corrected chi connectivity index (χ1v) is 7.51. The van der Waals surface area contributed by atoms with E-state index in [1.54, 1.807) is 0 Å². The van der Waals surface area contributed by atoms with Crippen molar-refractivity contribution >= 4 is 15.9 Å². The predicted molar refractivity (Wildman–Crippen MR) is 77.3 cm³/mol. The fourth-order valence-corrected chi connectivity index (χ4v) is 3.23. The highest BCUT2D eigenvalue weighted by Crippen LogP contribution is 2.40. The highest BCUT2D eigenvalue weighted by Gasteiger charge is 2.28. The van der Waals surface area contributed by atoms with Gasteiger partial charge in [-0.25, -0.2) is 0 Å². The molecule has 17 heavy (non-hydrogen) atoms. The van der Waals surface area contributed by atoms with Crippen LogP contribution in [-0.4, -0.2) is 6.54 Å². The van der Waals surface area contributed by atoms with Crippen LogP contribution in [0.25, 0.3) is 0 Å². The van der Waals surface area contributed by atoms with Crippen LogP contribution in [0.5, 0.6) is 0 Å². The minimum absolute atomic E-state index is 0.540. The third-order valence-corrected chi connectivity index (χ3v) is 4.41. The van der Waals surface area contributed by atoms with Crippen LogP contribution in [0.15, 0.2) is 22.7 Å². The van der Waals surface area contributed by atoms with Gasteiger partial charge in [0.05, 0.1) is 0 Å². The summed E-state index contributed by atoms with van der Waals surface area (Å²) in [7, 11) is 0. The smallest absolute Gasteiger partial charge is 0.0359 e. The van der Waals surface area contributed by atoms with E-state index in [1.807, 2.05) is 0 Å². The molecule has 1 aromatic carbocycles. The van der Waals surface area contributed by atoms with Gasteiger partial charge in [-0.3, -0.25) is 0 Å². The first-order valence-electron chi connectivity index (χ1n) is 6.71. The number of benzene rings is 1. The summed E-state index contributed by atoms with van der Waals surface area (Å²) in [6.45, 7) is 5.49. The number of rotatable bonds is 5. The van der Waals surface area contributed by atoms with Crippen molar-refractivity contribution in [2.45, 2.75) is 45.6 Å². The molecule has 1 unspecified atom stereocenters. The largest absolute Gasteiger partial charge is 0.310 e. The second kappa shape index (κ2) is 6.01. The molecule has 1 aliphatic rings. The minimum Gasteiger partial charge on any atom is -0.310 e. The Labute approximate surface area is 113 Å². The molecule has 0 aromatic heterocycles. The Bertz CT molecular complexity index is 371. The normalized spacial score (nSPS) is 17.8. The molecular formula is C15H22BrN. The zero-order chi connectivity index (χ0) is 12.3. The lowest BCUT2D eigenvalue weighted by atomic mass is 9.77. The third kappa shape index (κ3) is 3.11. The van der Waals surface area contributed by atoms with Crippen LogP contribution in [0.4, 0.5) is 0 Å². The summed E-state index contributed by atoms with van der Waals surface area (Å²) in [6.07, 6.45) is 5.36. The number of nitrogens with one attached hydrogen (secondary N) is 1. The van der Waals surface area contributed by atoms with Crippen LogP contribution in [0.2, 0.25) is 0 Å². The standard InChI is InChI=1S/C15H22BrN/c1-3-9-17-15(12-5-4-6-12)13-8-7-11(2)10-14(13)16/h7-8,10,12,15,17H,3-6,9H2,1-2H3. The zero-order valence-electron chi connectivity index (χ0n) is 10.8. The van der Waals surface area contributed by atoms with Crippen LogP contribution < -0.4 is 5.32 Å². The summed E-state index contributed by atoms with van der Waals surface area (Å²) in [4.78, 5) is 0. The van der Waals surface area contributed by atoms with Crippen LogP contribution in [-0.2, 0) is 0 Å². The second-order valence-electron chi connectivity index (χ2n) is 5.15. The summed E-state index contributed by atoms with van der Waals surface area (Å²) >= 11 is 3.72. The van der Waals surface area contributed by atoms with E-state index in [0.717, 1.165) is 12.5 Å². The molecule has 1 aliphatic carbocycles. The molecule has 1 aromatic rings. The molecule has 0 radical (unpaired) electrons. The van der Waals surface area contributed by atoms with Gasteiger partial charge in [-0.15, -0.1) is 0 Å². The third-order valence-electron chi connectivity index (χ3n) is 3.73. The highest BCUT2D eigenvalue weighted by molar-refractivity contribution is 9.10. The quantitative estimate of drug-likeness (QED) is 0.837. The summed E-state index contributed by atoms with van der Waals surface area (Å²) in [5.74, 6) is 0.834. The molecule has 0 bridgehead atoms. The fourth-order valence-electron chi connectivity index (χ4n) is 2.49. The van der Waals surface area contributed by atoms with E-state index < -0.39 is 0 Å². The minimum atomic E-state index is 0.540. The van der Waals surface area contributed by atoms with Crippen molar-refractivity contribution in [3.63, 3.8) is 0 Å². The summed E-state index contributed by atoms with van der Waals surface area (Å²) < 4.78 is 1.26. The molecule has 0 aliphatic heterocycles. The number of hydrogen-bond donors (Lipinski definition) is 1. The average Bonchev–Trinajstić information content (AvgIpc) is 2.22. The zero-order valence-corrected chi connectivity index (χ0v) is 12.4. The molecule has 1 fully saturated rings. The van der Waals surface area contributed by atoms with Gasteiger partial charge in [-0.05, 0) is 55.8 Å². The first-order chi connectivity index (χ1) is 8.22. The SMILES string of the molecule is CCCNC(c1ccc(C)cc1Br)C1CCC1. The average molecular weight is 296 g/mol. The Balaban J connectivity index is 2.17. The van der Waals surface area contributed by atoms with Crippen molar-refractivity contribution in [3.05, 3.63) is 33.8 Å². The first kappa shape index (κ1) is 13.1. The van der Waals surface area contributed by atoms with E-state index in [2.05, 4.69) is 53.3 Å². The van der Waals surface area contributed by atoms with Crippen molar-refractivity contribution in [1.82, 2.24) is 5.32 Å². The molecular weight excluding hydrogens is 274 g/mol. The molecule has 1 N–H and O–H groups in total. The van der Waals surface area contributed by atoms with Gasteiger partial charge in [0.25, 0.3) is 0 Å². The summed E-state index contributed by atoms with van der Waals surface area (Å²) in [5.41, 5.74) is 2.76. The van der Waals surface area contributed by atoms with Crippen molar-refractivity contribution in [2.75, 3.05) is 6.54 Å². The van der Waals surface area contributed by atoms with Crippen molar-refractivity contribution in [1.29, 1.82) is 0 Å². The maximum atomic E-state index is 3.72. The lowest BCUT2D eigenvalue weighted by molar-refractivity contribution is 0.230. The highest BCUT2D eigenvalue weighted by atomic mass is 79.9. The van der Waals surface area contributed by atoms with Gasteiger partial charge in [0, 0.05) is 10.5 Å². The number of halogens is 1. The monoisotopic (exact) mass is 295 g/mol. The second-order valence-corrected chi connectivity index (χ2v) is 6.00. The number of hydrogen-bond acceptors (Lipinski definition) is 1. The predicted octanol–water partition coefficient (Wildman–Crippen LogP) is 4.60. The molecule has 0 heterocycles. The maximum absolute atomic E-state index is 3.72. The van der Waals surface area contributed by atoms with E-state index in [-0.39, 0.29) is 0 Å². The maximum Gasteiger partial charge on any atom is 0.0359 e. The Morgan fingerprint density at radius 3 is 2.71 bits per heavy atom. The van der Waals surface area contributed by atoms with Gasteiger partial charge in [0.15, 0.2) is 0 Å². The van der Waals surface area contributed by atoms with E-state index in [0.29, 0.717) is 6.04 Å². The summed E-state index contributed by atoms with van der Waals surface area (Å²) in [5, 5.41) is 3.72. The van der Waals surface area contributed by atoms with Gasteiger partial charge in [-0.1, -0.05) is 41.4 Å². The van der Waals surface area contributed by atoms with E-state index in [1.165, 1.54) is 41.3 Å². The van der Waals surface area contributed by atoms with Crippen LogP contribution in [0.3, 0.4) is 0 Å². The Morgan fingerprint density at radius 1 is 1.41 bits per heavy atom. The van der Waals surface area contributed by atoms with E-state index in [9.17, 15) is 0 Å². The Hall–Kier alpha value is -0.340. The molecule has 1 saturated carbocycles. The van der Waals surface area contributed by atoms with Crippen LogP contribution in [0, 0.1) is 12.8 Å². The van der Waals surface area contributed by atoms with Crippen molar-refractivity contribution in [3.8, 4) is 0 Å². The molecule has 2 heteroatoms. The van der Waals surface area contributed by atoms with Crippen LogP contribution in [0.1, 0.15) is 49.8 Å². The van der Waals surface area contributed by atoms with Crippen LogP contribution >= 0.6 is 15.9 Å². The molecule has 2 rings (SSSR count). The molecule has 0 spiro atoms. The molecule has 0 amide bonds. The van der Waals surface area contributed by atoms with Crippen molar-refractivity contribution in [2.24, 2.45) is 5.92 Å². The molecule has 1 nitrogen and oxygen atoms in total. The van der Waals surface area contributed by atoms with E-state index >= 15 is 0 Å². The fraction of sp³-hybridized carbons (Fsp3) is 0.600. The van der Waals surface area contributed by atoms with Gasteiger partial charge in [0.2, 0.25) is 0 Å². The van der Waals surface area contributed by atoms with Gasteiger partial charge < -0.3 is 5.32 Å². The topological polar surface area (TPSA) is 12.0 Å². The van der Waals surface area contributed by atoms with Gasteiger partial charge in [-0.2, -0.15) is 0 Å². The Morgan fingerprint density at radius 2 is 2.18 bits per heavy atom. The number of aryl methyl sites for hydroxylation is 1. The molecule has 94 valence electrons. The summed E-state index contributed by atoms with van der Waals surface area (Å²) in [6, 6.07) is 7.28. The molecule has 1 atom stereocenters. The molecule has 0 saturated heterocycles. The van der Waals surface area contributed by atoms with Crippen molar-refractivity contribution < 1.29 is 0 Å². The Kier molecular flexibility index (Phi) is 4.63. The van der Waals surface area contributed by atoms with E-state index in [4.69, 9.17) is 0 Å².